The van der Waals surface area contributed by atoms with Gasteiger partial charge in [-0.15, -0.1) is 0 Å². The summed E-state index contributed by atoms with van der Waals surface area (Å²) in [4.78, 5) is 0. The molecule has 152 valence electrons. The van der Waals surface area contributed by atoms with Crippen molar-refractivity contribution in [3.8, 4) is 0 Å². The molecule has 6 nitrogen and oxygen atoms in total. The van der Waals surface area contributed by atoms with Gasteiger partial charge in [0.1, 0.15) is 0 Å². The summed E-state index contributed by atoms with van der Waals surface area (Å²) in [6.45, 7) is 4.87. The minimum absolute atomic E-state index is 0.615. The highest BCUT2D eigenvalue weighted by molar-refractivity contribution is 7.71. The van der Waals surface area contributed by atoms with Crippen molar-refractivity contribution in [1.82, 2.24) is 9.13 Å². The molecule has 0 aliphatic rings. The minimum Gasteiger partial charge on any atom is -0.411 e. The Bertz CT molecular complexity index is 1100. The summed E-state index contributed by atoms with van der Waals surface area (Å²) >= 11 is 5.76. The number of benzene rings is 2. The second-order valence-corrected chi connectivity index (χ2v) is 7.61. The molecule has 3 rings (SSSR count). The normalized spacial score (nSPS) is 12.6. The van der Waals surface area contributed by atoms with E-state index < -0.39 is 0 Å². The number of hydrogen-bond donors (Lipinski definition) is 2. The lowest BCUT2D eigenvalue weighted by Gasteiger charge is -2.06. The van der Waals surface area contributed by atoms with Gasteiger partial charge in [0.15, 0.2) is 4.77 Å². The van der Waals surface area contributed by atoms with E-state index in [4.69, 9.17) is 22.6 Å². The highest BCUT2D eigenvalue weighted by atomic mass is 32.1. The van der Waals surface area contributed by atoms with E-state index in [1.165, 1.54) is 11.1 Å². The van der Waals surface area contributed by atoms with E-state index in [1.54, 1.807) is 13.8 Å². The van der Waals surface area contributed by atoms with E-state index in [2.05, 4.69) is 49.8 Å². The number of aryl methyl sites for hydroxylation is 2. The monoisotopic (exact) mass is 410 g/mol. The molecule has 0 atom stereocenters. The first-order valence-electron chi connectivity index (χ1n) is 9.64. The Kier molecular flexibility index (Phi) is 6.82. The van der Waals surface area contributed by atoms with E-state index in [0.717, 1.165) is 17.5 Å². The van der Waals surface area contributed by atoms with Crippen LogP contribution in [0.4, 0.5) is 0 Å². The Morgan fingerprint density at radius 2 is 1.41 bits per heavy atom. The molecule has 0 spiro atoms. The van der Waals surface area contributed by atoms with Crippen molar-refractivity contribution in [2.45, 2.75) is 46.2 Å². The van der Waals surface area contributed by atoms with Gasteiger partial charge in [-0.05, 0) is 55.7 Å². The summed E-state index contributed by atoms with van der Waals surface area (Å²) in [7, 11) is 0. The van der Waals surface area contributed by atoms with Gasteiger partial charge in [-0.2, -0.15) is 0 Å². The average Bonchev–Trinajstić information content (AvgIpc) is 3.01. The topological polar surface area (TPSA) is 75.0 Å². The molecule has 3 aromatic rings. The number of nitrogens with zero attached hydrogens (tertiary/aromatic N) is 4. The Hall–Kier alpha value is -2.93. The first-order chi connectivity index (χ1) is 14.0. The third kappa shape index (κ3) is 4.92. The third-order valence-corrected chi connectivity index (χ3v) is 5.51. The maximum atomic E-state index is 8.99. The Labute approximate surface area is 175 Å². The lowest BCUT2D eigenvalue weighted by Crippen LogP contribution is -2.06. The van der Waals surface area contributed by atoms with Crippen LogP contribution in [0, 0.1) is 4.77 Å². The van der Waals surface area contributed by atoms with Gasteiger partial charge in [-0.1, -0.05) is 46.7 Å². The Balaban J connectivity index is 2.02. The molecule has 0 saturated heterocycles. The van der Waals surface area contributed by atoms with Crippen molar-refractivity contribution < 1.29 is 10.4 Å². The molecule has 29 heavy (non-hydrogen) atoms. The number of hydrogen-bond acceptors (Lipinski definition) is 5. The number of fused-ring (bicyclic) bond motifs is 1. The fourth-order valence-electron chi connectivity index (χ4n) is 3.39. The molecule has 1 aromatic heterocycles. The molecule has 0 aliphatic heterocycles. The molecule has 0 unspecified atom stereocenters. The third-order valence-electron chi connectivity index (χ3n) is 5.07. The van der Waals surface area contributed by atoms with Crippen LogP contribution in [-0.4, -0.2) is 31.0 Å². The largest absolute Gasteiger partial charge is 0.411 e. The van der Waals surface area contributed by atoms with Crippen LogP contribution in [0.2, 0.25) is 0 Å². The van der Waals surface area contributed by atoms with Crippen molar-refractivity contribution >= 4 is 34.7 Å². The summed E-state index contributed by atoms with van der Waals surface area (Å²) in [5.41, 5.74) is 5.91. The fraction of sp³-hybridized carbons (Fsp3) is 0.318. The Morgan fingerprint density at radius 3 is 2.00 bits per heavy atom. The van der Waals surface area contributed by atoms with Crippen molar-refractivity contribution in [1.29, 1.82) is 0 Å². The van der Waals surface area contributed by atoms with Crippen LogP contribution in [0.3, 0.4) is 0 Å². The van der Waals surface area contributed by atoms with Crippen LogP contribution in [-0.2, 0) is 19.5 Å². The Morgan fingerprint density at radius 1 is 0.828 bits per heavy atom. The maximum Gasteiger partial charge on any atom is 0.180 e. The van der Waals surface area contributed by atoms with E-state index in [1.807, 2.05) is 18.2 Å². The van der Waals surface area contributed by atoms with Crippen LogP contribution in [0.15, 0.2) is 58.8 Å². The van der Waals surface area contributed by atoms with Gasteiger partial charge in [0.2, 0.25) is 0 Å². The van der Waals surface area contributed by atoms with Crippen molar-refractivity contribution in [2.75, 3.05) is 0 Å². The lowest BCUT2D eigenvalue weighted by atomic mass is 10.0. The van der Waals surface area contributed by atoms with Crippen molar-refractivity contribution in [3.63, 3.8) is 0 Å². The summed E-state index contributed by atoms with van der Waals surface area (Å²) in [6, 6.07) is 16.8. The lowest BCUT2D eigenvalue weighted by molar-refractivity contribution is 0.317. The van der Waals surface area contributed by atoms with Gasteiger partial charge in [0.05, 0.1) is 22.5 Å². The molecule has 2 aromatic carbocycles. The summed E-state index contributed by atoms with van der Waals surface area (Å²) in [5, 5.41) is 24.5. The highest BCUT2D eigenvalue weighted by Gasteiger charge is 2.12. The molecular weight excluding hydrogens is 384 g/mol. The zero-order valence-corrected chi connectivity index (χ0v) is 17.6. The zero-order chi connectivity index (χ0) is 20.8. The zero-order valence-electron chi connectivity index (χ0n) is 16.7. The highest BCUT2D eigenvalue weighted by Crippen LogP contribution is 2.23. The molecule has 0 saturated carbocycles. The van der Waals surface area contributed by atoms with Crippen LogP contribution in [0.5, 0.6) is 0 Å². The van der Waals surface area contributed by atoms with Crippen LogP contribution >= 0.6 is 12.2 Å². The van der Waals surface area contributed by atoms with Crippen LogP contribution in [0.25, 0.3) is 11.0 Å². The maximum absolute atomic E-state index is 8.99. The quantitative estimate of drug-likeness (QED) is 0.231. The van der Waals surface area contributed by atoms with Crippen molar-refractivity contribution in [2.24, 2.45) is 10.3 Å². The molecule has 0 bridgehead atoms. The standard InChI is InChI=1S/C22H26N4O2S/c1-16(23-27)10-12-25-20-9-8-19(14-18-6-4-3-5-7-18)15-21(20)26(22(25)29)13-11-17(2)24-28/h3-9,15,27-28H,10-14H2,1-2H3/b23-16-,24-17-. The molecule has 7 heteroatoms. The summed E-state index contributed by atoms with van der Waals surface area (Å²) in [6.07, 6.45) is 2.08. The minimum atomic E-state index is 0.615. The number of imidazole rings is 1. The van der Waals surface area contributed by atoms with Gasteiger partial charge in [0, 0.05) is 25.9 Å². The molecule has 1 heterocycles. The number of rotatable bonds is 8. The fourth-order valence-corrected chi connectivity index (χ4v) is 3.77. The van der Waals surface area contributed by atoms with Crippen molar-refractivity contribution in [3.05, 3.63) is 64.4 Å². The predicted molar refractivity (Wildman–Crippen MR) is 119 cm³/mol. The SMILES string of the molecule is C/C(CCn1c(=S)n(CC/C(C)=N\O)c2cc(Cc3ccccc3)ccc21)=N/O. The van der Waals surface area contributed by atoms with E-state index in [0.29, 0.717) is 42.1 Å². The average molecular weight is 411 g/mol. The van der Waals surface area contributed by atoms with E-state index in [9.17, 15) is 0 Å². The molecule has 0 fully saturated rings. The second-order valence-electron chi connectivity index (χ2n) is 7.24. The molecule has 0 radical (unpaired) electrons. The van der Waals surface area contributed by atoms with Gasteiger partial charge < -0.3 is 19.5 Å². The number of oxime groups is 2. The van der Waals surface area contributed by atoms with E-state index in [-0.39, 0.29) is 0 Å². The predicted octanol–water partition coefficient (Wildman–Crippen LogP) is 5.24. The molecular formula is C22H26N4O2S. The van der Waals surface area contributed by atoms with Gasteiger partial charge >= 0.3 is 0 Å². The smallest absolute Gasteiger partial charge is 0.180 e. The summed E-state index contributed by atoms with van der Waals surface area (Å²) in [5.74, 6) is 0. The first kappa shape index (κ1) is 20.8. The van der Waals surface area contributed by atoms with E-state index >= 15 is 0 Å². The van der Waals surface area contributed by atoms with Crippen LogP contribution < -0.4 is 0 Å². The summed E-state index contributed by atoms with van der Waals surface area (Å²) < 4.78 is 4.89. The molecule has 2 N–H and O–H groups in total. The first-order valence-corrected chi connectivity index (χ1v) is 10.0. The molecule has 0 aliphatic carbocycles. The van der Waals surface area contributed by atoms with Gasteiger partial charge in [0.25, 0.3) is 0 Å². The van der Waals surface area contributed by atoms with Gasteiger partial charge in [-0.25, -0.2) is 0 Å². The second kappa shape index (κ2) is 9.52. The number of aromatic nitrogens is 2. The van der Waals surface area contributed by atoms with Gasteiger partial charge in [-0.3, -0.25) is 0 Å². The molecule has 0 amide bonds. The van der Waals surface area contributed by atoms with Crippen LogP contribution in [0.1, 0.15) is 37.8 Å².